The van der Waals surface area contributed by atoms with Crippen LogP contribution < -0.4 is 0 Å². The second kappa shape index (κ2) is 14.0. The molecular weight excluding hydrogens is 771 g/mol. The molecule has 0 aliphatic heterocycles. The van der Waals surface area contributed by atoms with Crippen molar-refractivity contribution in [1.29, 1.82) is 0 Å². The maximum atomic E-state index is 6.36. The average molecular weight is 806 g/mol. The summed E-state index contributed by atoms with van der Waals surface area (Å²) in [5.74, 6) is 1.68. The van der Waals surface area contributed by atoms with E-state index in [1.807, 2.05) is 42.5 Å². The van der Waals surface area contributed by atoms with Gasteiger partial charge in [-0.25, -0.2) is 4.98 Å². The lowest BCUT2D eigenvalue weighted by Crippen LogP contribution is -2.07. The van der Waals surface area contributed by atoms with E-state index in [-0.39, 0.29) is 0 Å². The fourth-order valence-electron chi connectivity index (χ4n) is 9.55. The molecule has 0 fully saturated rings. The molecule has 0 spiro atoms. The van der Waals surface area contributed by atoms with E-state index in [4.69, 9.17) is 19.4 Å². The van der Waals surface area contributed by atoms with E-state index in [9.17, 15) is 0 Å². The van der Waals surface area contributed by atoms with Crippen molar-refractivity contribution in [3.63, 3.8) is 0 Å². The Labute approximate surface area is 361 Å². The van der Waals surface area contributed by atoms with Crippen molar-refractivity contribution in [3.8, 4) is 56.7 Å². The van der Waals surface area contributed by atoms with Gasteiger partial charge in [0.25, 0.3) is 0 Å². The van der Waals surface area contributed by atoms with Crippen molar-refractivity contribution in [2.45, 2.75) is 0 Å². The Bertz CT molecular complexity index is 3900. The summed E-state index contributed by atoms with van der Waals surface area (Å²) in [5.41, 5.74) is 13.4. The van der Waals surface area contributed by atoms with E-state index in [1.54, 1.807) is 0 Å². The number of fused-ring (bicyclic) bond motifs is 10. The molecule has 0 amide bonds. The van der Waals surface area contributed by atoms with Gasteiger partial charge in [-0.1, -0.05) is 170 Å². The summed E-state index contributed by atoms with van der Waals surface area (Å²) in [4.78, 5) is 15.8. The number of nitrogens with zero attached hydrogens (tertiary/aromatic N) is 5. The molecule has 9 aromatic carbocycles. The zero-order chi connectivity index (χ0) is 41.4. The van der Waals surface area contributed by atoms with Gasteiger partial charge in [-0.15, -0.1) is 0 Å². The first-order valence-corrected chi connectivity index (χ1v) is 21.2. The fraction of sp³-hybridized carbons (Fsp3) is 0. The van der Waals surface area contributed by atoms with Gasteiger partial charge in [0, 0.05) is 49.1 Å². The van der Waals surface area contributed by atoms with Crippen LogP contribution in [0, 0.1) is 0 Å². The highest BCUT2D eigenvalue weighted by Gasteiger charge is 2.24. The number of benzene rings is 9. The van der Waals surface area contributed by atoms with E-state index < -0.39 is 0 Å². The molecule has 0 N–H and O–H groups in total. The van der Waals surface area contributed by atoms with E-state index in [0.717, 1.165) is 82.5 Å². The predicted molar refractivity (Wildman–Crippen MR) is 258 cm³/mol. The molecule has 0 aliphatic rings. The fourth-order valence-corrected chi connectivity index (χ4v) is 9.55. The van der Waals surface area contributed by atoms with Gasteiger partial charge in [-0.2, -0.15) is 9.97 Å². The molecule has 0 saturated heterocycles. The second-order valence-corrected chi connectivity index (χ2v) is 16.0. The first-order chi connectivity index (χ1) is 31.2. The summed E-state index contributed by atoms with van der Waals surface area (Å²) in [7, 11) is 0. The van der Waals surface area contributed by atoms with Crippen LogP contribution in [0.2, 0.25) is 0 Å². The van der Waals surface area contributed by atoms with Crippen molar-refractivity contribution in [3.05, 3.63) is 212 Å². The molecule has 13 aromatic rings. The summed E-state index contributed by atoms with van der Waals surface area (Å²) in [6, 6.07) is 74.5. The van der Waals surface area contributed by atoms with Crippen molar-refractivity contribution in [1.82, 2.24) is 24.1 Å². The first kappa shape index (κ1) is 35.2. The van der Waals surface area contributed by atoms with Gasteiger partial charge in [0.05, 0.1) is 22.1 Å². The molecule has 4 aromatic heterocycles. The molecule has 13 rings (SSSR count). The summed E-state index contributed by atoms with van der Waals surface area (Å²) < 4.78 is 11.0. The van der Waals surface area contributed by atoms with Crippen LogP contribution in [0.3, 0.4) is 0 Å². The normalized spacial score (nSPS) is 11.8. The topological polar surface area (TPSA) is 61.7 Å². The number of hydrogen-bond donors (Lipinski definition) is 0. The molecule has 4 heterocycles. The standard InChI is InChI=1S/C57H35N5O/c1-3-15-36(16-4-1)41-19-7-8-20-42(41)37-27-30-40(31-28-37)61-49-24-12-9-21-43(49)47-33-34-48-44-22-10-13-25-50(44)62(54(48)53(47)61)57-59-55(38-17-5-2-6-18-38)58-56(60-57)39-29-32-46-45-23-11-14-26-51(45)63-52(46)35-39/h1-35H. The molecule has 0 bridgehead atoms. The highest BCUT2D eigenvalue weighted by atomic mass is 16.3. The maximum absolute atomic E-state index is 6.36. The molecule has 0 aliphatic carbocycles. The molecule has 6 heteroatoms. The molecule has 6 nitrogen and oxygen atoms in total. The minimum Gasteiger partial charge on any atom is -0.456 e. The van der Waals surface area contributed by atoms with Gasteiger partial charge < -0.3 is 8.98 Å². The Morgan fingerprint density at radius 2 is 0.794 bits per heavy atom. The molecule has 0 unspecified atom stereocenters. The van der Waals surface area contributed by atoms with Crippen LogP contribution in [0.15, 0.2) is 217 Å². The summed E-state index contributed by atoms with van der Waals surface area (Å²) in [6.07, 6.45) is 0. The van der Waals surface area contributed by atoms with Crippen LogP contribution >= 0.6 is 0 Å². The van der Waals surface area contributed by atoms with E-state index in [2.05, 4.69) is 179 Å². The number of rotatable bonds is 6. The minimum atomic E-state index is 0.534. The van der Waals surface area contributed by atoms with Gasteiger partial charge in [0.2, 0.25) is 5.95 Å². The molecule has 63 heavy (non-hydrogen) atoms. The van der Waals surface area contributed by atoms with Gasteiger partial charge in [-0.05, 0) is 64.7 Å². The lowest BCUT2D eigenvalue weighted by Gasteiger charge is -2.14. The quantitative estimate of drug-likeness (QED) is 0.168. The maximum Gasteiger partial charge on any atom is 0.238 e. The minimum absolute atomic E-state index is 0.534. The third-order valence-electron chi connectivity index (χ3n) is 12.4. The van der Waals surface area contributed by atoms with Crippen molar-refractivity contribution < 1.29 is 4.42 Å². The zero-order valence-corrected chi connectivity index (χ0v) is 33.9. The Morgan fingerprint density at radius 1 is 0.317 bits per heavy atom. The first-order valence-electron chi connectivity index (χ1n) is 21.2. The number of aromatic nitrogens is 5. The van der Waals surface area contributed by atoms with Gasteiger partial charge in [0.15, 0.2) is 11.6 Å². The summed E-state index contributed by atoms with van der Waals surface area (Å²) in [6.45, 7) is 0. The van der Waals surface area contributed by atoms with Crippen LogP contribution in [-0.4, -0.2) is 24.1 Å². The van der Waals surface area contributed by atoms with Crippen molar-refractivity contribution in [2.24, 2.45) is 0 Å². The third kappa shape index (κ3) is 5.55. The van der Waals surface area contributed by atoms with E-state index in [0.29, 0.717) is 17.6 Å². The summed E-state index contributed by atoms with van der Waals surface area (Å²) in [5, 5.41) is 6.68. The van der Waals surface area contributed by atoms with Gasteiger partial charge in [-0.3, -0.25) is 4.57 Å². The van der Waals surface area contributed by atoms with Crippen molar-refractivity contribution >= 4 is 65.6 Å². The number of para-hydroxylation sites is 3. The smallest absolute Gasteiger partial charge is 0.238 e. The lowest BCUT2D eigenvalue weighted by molar-refractivity contribution is 0.669. The largest absolute Gasteiger partial charge is 0.456 e. The lowest BCUT2D eigenvalue weighted by atomic mass is 9.94. The summed E-state index contributed by atoms with van der Waals surface area (Å²) >= 11 is 0. The Balaban J connectivity index is 1.07. The average Bonchev–Trinajstić information content (AvgIpc) is 4.02. The molecule has 294 valence electrons. The number of hydrogen-bond acceptors (Lipinski definition) is 4. The molecule has 0 radical (unpaired) electrons. The van der Waals surface area contributed by atoms with E-state index in [1.165, 1.54) is 22.1 Å². The van der Waals surface area contributed by atoms with Crippen LogP contribution in [-0.2, 0) is 0 Å². The Morgan fingerprint density at radius 3 is 1.48 bits per heavy atom. The molecular formula is C57H35N5O. The van der Waals surface area contributed by atoms with E-state index >= 15 is 0 Å². The monoisotopic (exact) mass is 805 g/mol. The van der Waals surface area contributed by atoms with Crippen LogP contribution in [0.5, 0.6) is 0 Å². The van der Waals surface area contributed by atoms with Gasteiger partial charge in [0.1, 0.15) is 11.2 Å². The SMILES string of the molecule is c1ccc(-c2nc(-c3ccc4c(c3)oc3ccccc34)nc(-n3c4ccccc4c4ccc5c6ccccc6n(-c6ccc(-c7ccccc7-c7ccccc7)cc6)c5c43)n2)cc1. The van der Waals surface area contributed by atoms with Gasteiger partial charge >= 0.3 is 0 Å². The highest BCUT2D eigenvalue weighted by Crippen LogP contribution is 2.42. The van der Waals surface area contributed by atoms with Crippen molar-refractivity contribution in [2.75, 3.05) is 0 Å². The Hall–Kier alpha value is -8.61. The predicted octanol–water partition coefficient (Wildman–Crippen LogP) is 14.6. The van der Waals surface area contributed by atoms with Crippen LogP contribution in [0.1, 0.15) is 0 Å². The highest BCUT2D eigenvalue weighted by molar-refractivity contribution is 6.23. The van der Waals surface area contributed by atoms with Crippen LogP contribution in [0.4, 0.5) is 0 Å². The second-order valence-electron chi connectivity index (χ2n) is 16.0. The third-order valence-corrected chi connectivity index (χ3v) is 12.4. The molecule has 0 atom stereocenters. The Kier molecular flexibility index (Phi) is 7.80. The molecule has 0 saturated carbocycles. The number of furan rings is 1. The zero-order valence-electron chi connectivity index (χ0n) is 33.9. The van der Waals surface area contributed by atoms with Crippen LogP contribution in [0.25, 0.3) is 122 Å².